The molecule has 1 atom stereocenters. The first-order valence-corrected chi connectivity index (χ1v) is 10.3. The number of benzene rings is 3. The molecule has 0 saturated carbocycles. The first kappa shape index (κ1) is 19.3. The lowest BCUT2D eigenvalue weighted by molar-refractivity contribution is -0.0229. The number of ether oxygens (including phenoxy) is 1. The average molecular weight is 401 g/mol. The zero-order valence-electron chi connectivity index (χ0n) is 15.8. The maximum Gasteiger partial charge on any atom is 0.255 e. The smallest absolute Gasteiger partial charge is 0.255 e. The van der Waals surface area contributed by atoms with E-state index in [-0.39, 0.29) is 12.0 Å². The molecule has 1 aliphatic heterocycles. The van der Waals surface area contributed by atoms with Gasteiger partial charge in [-0.25, -0.2) is 0 Å². The second-order valence-electron chi connectivity index (χ2n) is 6.73. The molecule has 1 unspecified atom stereocenters. The van der Waals surface area contributed by atoms with E-state index in [9.17, 15) is 10.1 Å². The van der Waals surface area contributed by atoms with Crippen molar-refractivity contribution in [3.63, 3.8) is 0 Å². The van der Waals surface area contributed by atoms with Crippen LogP contribution in [0.25, 0.3) is 0 Å². The molecular weight excluding hydrogens is 380 g/mol. The van der Waals surface area contributed by atoms with E-state index in [0.29, 0.717) is 30.8 Å². The summed E-state index contributed by atoms with van der Waals surface area (Å²) in [6, 6.07) is 27.2. The highest BCUT2D eigenvalue weighted by Gasteiger charge is 2.27. The van der Waals surface area contributed by atoms with Gasteiger partial charge in [0.1, 0.15) is 12.2 Å². The van der Waals surface area contributed by atoms with Crippen LogP contribution in [0.1, 0.15) is 27.6 Å². The molecule has 0 aromatic heterocycles. The third-order valence-electron chi connectivity index (χ3n) is 4.87. The van der Waals surface area contributed by atoms with Crippen molar-refractivity contribution in [3.05, 3.63) is 95.6 Å². The van der Waals surface area contributed by atoms with Gasteiger partial charge < -0.3 is 9.64 Å². The first-order valence-electron chi connectivity index (χ1n) is 9.48. The van der Waals surface area contributed by atoms with Crippen molar-refractivity contribution in [1.82, 2.24) is 4.90 Å². The molecule has 1 amide bonds. The Morgan fingerprint density at radius 1 is 0.966 bits per heavy atom. The molecule has 1 fully saturated rings. The van der Waals surface area contributed by atoms with E-state index >= 15 is 0 Å². The van der Waals surface area contributed by atoms with Crippen molar-refractivity contribution in [2.45, 2.75) is 15.9 Å². The largest absolute Gasteiger partial charge is 0.370 e. The summed E-state index contributed by atoms with van der Waals surface area (Å²) in [5.41, 5.74) is 2.34. The van der Waals surface area contributed by atoms with Gasteiger partial charge in [-0.1, -0.05) is 66.4 Å². The van der Waals surface area contributed by atoms with Gasteiger partial charge in [-0.05, 0) is 29.8 Å². The maximum absolute atomic E-state index is 13.3. The summed E-state index contributed by atoms with van der Waals surface area (Å²) >= 11 is 1.45. The first-order chi connectivity index (χ1) is 14.3. The predicted molar refractivity (Wildman–Crippen MR) is 113 cm³/mol. The Kier molecular flexibility index (Phi) is 5.95. The second-order valence-corrected chi connectivity index (χ2v) is 7.81. The van der Waals surface area contributed by atoms with Crippen LogP contribution in [0.4, 0.5) is 0 Å². The summed E-state index contributed by atoms with van der Waals surface area (Å²) in [7, 11) is 0. The highest BCUT2D eigenvalue weighted by molar-refractivity contribution is 7.99. The summed E-state index contributed by atoms with van der Waals surface area (Å²) < 4.78 is 5.90. The lowest BCUT2D eigenvalue weighted by Crippen LogP contribution is -2.42. The molecule has 5 heteroatoms. The number of nitrogens with zero attached hydrogens (tertiary/aromatic N) is 2. The maximum atomic E-state index is 13.3. The Morgan fingerprint density at radius 2 is 1.66 bits per heavy atom. The molecule has 144 valence electrons. The number of carbonyl (C=O) groups excluding carboxylic acids is 1. The zero-order chi connectivity index (χ0) is 20.1. The minimum absolute atomic E-state index is 0.00762. The third-order valence-corrected chi connectivity index (χ3v) is 6.02. The monoisotopic (exact) mass is 400 g/mol. The molecule has 1 aliphatic rings. The predicted octanol–water partition coefficient (Wildman–Crippen LogP) is 4.92. The number of rotatable bonds is 4. The van der Waals surface area contributed by atoms with Crippen molar-refractivity contribution < 1.29 is 9.53 Å². The van der Waals surface area contributed by atoms with Crippen LogP contribution in [0, 0.1) is 11.3 Å². The van der Waals surface area contributed by atoms with E-state index in [2.05, 4.69) is 6.07 Å². The number of hydrogen-bond acceptors (Lipinski definition) is 4. The van der Waals surface area contributed by atoms with Gasteiger partial charge in [0.05, 0.1) is 24.3 Å². The minimum atomic E-state index is -0.118. The van der Waals surface area contributed by atoms with Gasteiger partial charge in [-0.2, -0.15) is 5.26 Å². The number of nitriles is 1. The van der Waals surface area contributed by atoms with Crippen LogP contribution in [0.15, 0.2) is 88.7 Å². The van der Waals surface area contributed by atoms with Gasteiger partial charge in [0.25, 0.3) is 5.91 Å². The molecule has 0 aliphatic carbocycles. The van der Waals surface area contributed by atoms with Crippen molar-refractivity contribution >= 4 is 17.7 Å². The minimum Gasteiger partial charge on any atom is -0.370 e. The summed E-state index contributed by atoms with van der Waals surface area (Å²) in [6.07, 6.45) is -0.118. The lowest BCUT2D eigenvalue weighted by atomic mass is 10.1. The van der Waals surface area contributed by atoms with Crippen molar-refractivity contribution in [3.8, 4) is 6.07 Å². The van der Waals surface area contributed by atoms with E-state index in [4.69, 9.17) is 4.74 Å². The molecule has 4 nitrogen and oxygen atoms in total. The summed E-state index contributed by atoms with van der Waals surface area (Å²) in [6.45, 7) is 1.60. The van der Waals surface area contributed by atoms with Crippen LogP contribution in [-0.2, 0) is 4.74 Å². The van der Waals surface area contributed by atoms with Crippen LogP contribution >= 0.6 is 11.8 Å². The molecule has 1 heterocycles. The lowest BCUT2D eigenvalue weighted by Gasteiger charge is -2.33. The van der Waals surface area contributed by atoms with Gasteiger partial charge in [-0.3, -0.25) is 4.79 Å². The SMILES string of the molecule is N#Cc1ccccc1Sc1ccccc1C(=O)N1CCOC(c2ccccc2)C1. The van der Waals surface area contributed by atoms with Gasteiger partial charge >= 0.3 is 0 Å². The zero-order valence-corrected chi connectivity index (χ0v) is 16.6. The van der Waals surface area contributed by atoms with Crippen molar-refractivity contribution in [1.29, 1.82) is 5.26 Å². The fourth-order valence-electron chi connectivity index (χ4n) is 3.37. The van der Waals surface area contributed by atoms with E-state index in [1.54, 1.807) is 6.07 Å². The van der Waals surface area contributed by atoms with E-state index in [1.807, 2.05) is 77.7 Å². The van der Waals surface area contributed by atoms with Crippen molar-refractivity contribution in [2.24, 2.45) is 0 Å². The van der Waals surface area contributed by atoms with Gasteiger partial charge in [0.15, 0.2) is 0 Å². The Balaban J connectivity index is 1.57. The molecule has 4 rings (SSSR count). The summed E-state index contributed by atoms with van der Waals surface area (Å²) in [4.78, 5) is 16.9. The molecule has 3 aromatic rings. The third kappa shape index (κ3) is 4.34. The van der Waals surface area contributed by atoms with Crippen molar-refractivity contribution in [2.75, 3.05) is 19.7 Å². The van der Waals surface area contributed by atoms with Gasteiger partial charge in [0.2, 0.25) is 0 Å². The Bertz CT molecular complexity index is 1050. The number of amides is 1. The molecule has 29 heavy (non-hydrogen) atoms. The molecule has 0 radical (unpaired) electrons. The number of hydrogen-bond donors (Lipinski definition) is 0. The van der Waals surface area contributed by atoms with Crippen LogP contribution in [0.5, 0.6) is 0 Å². The Hall–Kier alpha value is -3.07. The molecule has 0 N–H and O–H groups in total. The number of carbonyl (C=O) groups is 1. The summed E-state index contributed by atoms with van der Waals surface area (Å²) in [5, 5.41) is 9.36. The Labute approximate surface area is 174 Å². The van der Waals surface area contributed by atoms with Crippen LogP contribution in [0.3, 0.4) is 0 Å². The standard InChI is InChI=1S/C24H20N2O2S/c25-16-19-10-4-6-12-22(19)29-23-13-7-5-11-20(23)24(27)26-14-15-28-21(17-26)18-8-2-1-3-9-18/h1-13,21H,14-15,17H2. The highest BCUT2D eigenvalue weighted by Crippen LogP contribution is 2.33. The molecular formula is C24H20N2O2S. The van der Waals surface area contributed by atoms with Gasteiger partial charge in [-0.15, -0.1) is 0 Å². The Morgan fingerprint density at radius 3 is 2.45 bits per heavy atom. The van der Waals surface area contributed by atoms with Crippen LogP contribution in [-0.4, -0.2) is 30.5 Å². The fourth-order valence-corrected chi connectivity index (χ4v) is 4.39. The summed E-state index contributed by atoms with van der Waals surface area (Å²) in [5.74, 6) is -0.00762. The molecule has 1 saturated heterocycles. The average Bonchev–Trinajstić information content (AvgIpc) is 2.80. The van der Waals surface area contributed by atoms with E-state index < -0.39 is 0 Å². The second kappa shape index (κ2) is 8.95. The topological polar surface area (TPSA) is 53.3 Å². The highest BCUT2D eigenvalue weighted by atomic mass is 32.2. The molecule has 0 bridgehead atoms. The van der Waals surface area contributed by atoms with E-state index in [1.165, 1.54) is 11.8 Å². The molecule has 3 aromatic carbocycles. The quantitative estimate of drug-likeness (QED) is 0.624. The normalized spacial score (nSPS) is 16.2. The molecule has 0 spiro atoms. The fraction of sp³-hybridized carbons (Fsp3) is 0.167. The van der Waals surface area contributed by atoms with Crippen LogP contribution < -0.4 is 0 Å². The van der Waals surface area contributed by atoms with E-state index in [0.717, 1.165) is 15.4 Å². The van der Waals surface area contributed by atoms with Gasteiger partial charge in [0, 0.05) is 16.3 Å². The number of morpholine rings is 1. The van der Waals surface area contributed by atoms with Crippen LogP contribution in [0.2, 0.25) is 0 Å².